The summed E-state index contributed by atoms with van der Waals surface area (Å²) in [6.07, 6.45) is 8.06. The molecule has 1 amide bonds. The second kappa shape index (κ2) is 6.44. The van der Waals surface area contributed by atoms with Gasteiger partial charge in [0, 0.05) is 18.6 Å². The Morgan fingerprint density at radius 2 is 1.95 bits per heavy atom. The molecule has 0 bridgehead atoms. The minimum atomic E-state index is -0.152. The van der Waals surface area contributed by atoms with Crippen LogP contribution in [-0.4, -0.2) is 50.1 Å². The molecule has 0 aromatic carbocycles. The molecule has 1 saturated heterocycles. The first kappa shape index (κ1) is 15.8. The van der Waals surface area contributed by atoms with Crippen LogP contribution in [0.4, 0.5) is 0 Å². The lowest BCUT2D eigenvalue weighted by atomic mass is 9.81. The van der Waals surface area contributed by atoms with Crippen molar-refractivity contribution in [1.82, 2.24) is 15.5 Å². The smallest absolute Gasteiger partial charge is 0.227 e. The van der Waals surface area contributed by atoms with Gasteiger partial charge in [-0.1, -0.05) is 26.2 Å². The Hall–Kier alpha value is -0.610. The van der Waals surface area contributed by atoms with Crippen LogP contribution >= 0.6 is 0 Å². The number of carbonyl (C=O) groups is 1. The van der Waals surface area contributed by atoms with E-state index in [1.807, 2.05) is 0 Å². The van der Waals surface area contributed by atoms with Crippen molar-refractivity contribution in [2.75, 3.05) is 33.7 Å². The summed E-state index contributed by atoms with van der Waals surface area (Å²) in [5.74, 6) is 0.275. The zero-order valence-corrected chi connectivity index (χ0v) is 13.4. The fraction of sp³-hybridized carbons (Fsp3) is 0.938. The van der Waals surface area contributed by atoms with E-state index in [4.69, 9.17) is 0 Å². The summed E-state index contributed by atoms with van der Waals surface area (Å²) in [6.45, 7) is 4.81. The fourth-order valence-electron chi connectivity index (χ4n) is 3.99. The average molecular weight is 281 g/mol. The molecular formula is C16H31N3O. The van der Waals surface area contributed by atoms with E-state index in [-0.39, 0.29) is 16.9 Å². The van der Waals surface area contributed by atoms with Gasteiger partial charge in [0.05, 0.1) is 5.41 Å². The van der Waals surface area contributed by atoms with Crippen LogP contribution in [-0.2, 0) is 4.79 Å². The average Bonchev–Trinajstić information content (AvgIpc) is 3.06. The number of amides is 1. The minimum absolute atomic E-state index is 0.152. The Bertz CT molecular complexity index is 329. The fourth-order valence-corrected chi connectivity index (χ4v) is 3.99. The Labute approximate surface area is 123 Å². The van der Waals surface area contributed by atoms with Crippen LogP contribution < -0.4 is 10.6 Å². The highest BCUT2D eigenvalue weighted by Gasteiger charge is 2.42. The van der Waals surface area contributed by atoms with Crippen molar-refractivity contribution in [2.45, 2.75) is 57.4 Å². The molecule has 0 aromatic rings. The highest BCUT2D eigenvalue weighted by molar-refractivity contribution is 5.83. The van der Waals surface area contributed by atoms with E-state index in [0.29, 0.717) is 0 Å². The van der Waals surface area contributed by atoms with Gasteiger partial charge in [0.15, 0.2) is 0 Å². The van der Waals surface area contributed by atoms with Crippen molar-refractivity contribution < 1.29 is 4.79 Å². The van der Waals surface area contributed by atoms with Crippen LogP contribution in [0.2, 0.25) is 0 Å². The summed E-state index contributed by atoms with van der Waals surface area (Å²) in [5.41, 5.74) is 0.0377. The van der Waals surface area contributed by atoms with Crippen LogP contribution in [0.1, 0.15) is 51.9 Å². The molecule has 1 heterocycles. The molecule has 0 spiro atoms. The molecule has 4 heteroatoms. The molecule has 2 N–H and O–H groups in total. The van der Waals surface area contributed by atoms with Gasteiger partial charge in [-0.05, 0) is 46.3 Å². The zero-order valence-electron chi connectivity index (χ0n) is 13.4. The van der Waals surface area contributed by atoms with Gasteiger partial charge in [-0.2, -0.15) is 0 Å². The van der Waals surface area contributed by atoms with Crippen molar-refractivity contribution in [3.8, 4) is 0 Å². The van der Waals surface area contributed by atoms with Gasteiger partial charge in [-0.3, -0.25) is 4.79 Å². The second-order valence-electron chi connectivity index (χ2n) is 6.97. The largest absolute Gasteiger partial charge is 0.354 e. The van der Waals surface area contributed by atoms with Crippen molar-refractivity contribution in [3.05, 3.63) is 0 Å². The molecule has 1 aliphatic carbocycles. The number of hydrogen-bond acceptors (Lipinski definition) is 3. The second-order valence-corrected chi connectivity index (χ2v) is 6.97. The predicted octanol–water partition coefficient (Wildman–Crippen LogP) is 1.76. The van der Waals surface area contributed by atoms with Gasteiger partial charge in [-0.15, -0.1) is 0 Å². The molecule has 20 heavy (non-hydrogen) atoms. The molecule has 0 aromatic heterocycles. The SMILES string of the molecule is CCCC1(C(=O)NCC2(N(C)C)CCCC2)CCNC1. The van der Waals surface area contributed by atoms with Crippen molar-refractivity contribution in [1.29, 1.82) is 0 Å². The first-order valence-corrected chi connectivity index (χ1v) is 8.21. The highest BCUT2D eigenvalue weighted by atomic mass is 16.2. The third-order valence-electron chi connectivity index (χ3n) is 5.51. The molecule has 1 aliphatic heterocycles. The molecule has 116 valence electrons. The number of carbonyl (C=O) groups excluding carboxylic acids is 1. The number of rotatable bonds is 6. The van der Waals surface area contributed by atoms with E-state index in [0.717, 1.165) is 38.9 Å². The summed E-state index contributed by atoms with van der Waals surface area (Å²) in [4.78, 5) is 15.0. The van der Waals surface area contributed by atoms with E-state index in [9.17, 15) is 4.79 Å². The summed E-state index contributed by atoms with van der Waals surface area (Å²) < 4.78 is 0. The van der Waals surface area contributed by atoms with Crippen LogP contribution in [0.15, 0.2) is 0 Å². The summed E-state index contributed by atoms with van der Waals surface area (Å²) in [7, 11) is 4.30. The van der Waals surface area contributed by atoms with Gasteiger partial charge < -0.3 is 15.5 Å². The van der Waals surface area contributed by atoms with Gasteiger partial charge in [0.2, 0.25) is 5.91 Å². The maximum atomic E-state index is 12.7. The quantitative estimate of drug-likeness (QED) is 0.780. The summed E-state index contributed by atoms with van der Waals surface area (Å²) >= 11 is 0. The highest BCUT2D eigenvalue weighted by Crippen LogP contribution is 2.35. The van der Waals surface area contributed by atoms with Crippen LogP contribution in [0.5, 0.6) is 0 Å². The number of nitrogens with zero attached hydrogens (tertiary/aromatic N) is 1. The van der Waals surface area contributed by atoms with Crippen molar-refractivity contribution in [2.24, 2.45) is 5.41 Å². The van der Waals surface area contributed by atoms with E-state index in [1.54, 1.807) is 0 Å². The molecule has 1 unspecified atom stereocenters. The van der Waals surface area contributed by atoms with E-state index < -0.39 is 0 Å². The maximum absolute atomic E-state index is 12.7. The first-order chi connectivity index (χ1) is 9.55. The summed E-state index contributed by atoms with van der Waals surface area (Å²) in [5, 5.41) is 6.66. The van der Waals surface area contributed by atoms with Gasteiger partial charge >= 0.3 is 0 Å². The normalized spacial score (nSPS) is 29.0. The van der Waals surface area contributed by atoms with E-state index in [1.165, 1.54) is 25.7 Å². The topological polar surface area (TPSA) is 44.4 Å². The summed E-state index contributed by atoms with van der Waals surface area (Å²) in [6, 6.07) is 0. The van der Waals surface area contributed by atoms with Crippen molar-refractivity contribution in [3.63, 3.8) is 0 Å². The predicted molar refractivity (Wildman–Crippen MR) is 82.7 cm³/mol. The lowest BCUT2D eigenvalue weighted by Gasteiger charge is -2.38. The lowest BCUT2D eigenvalue weighted by molar-refractivity contribution is -0.131. The van der Waals surface area contributed by atoms with E-state index >= 15 is 0 Å². The minimum Gasteiger partial charge on any atom is -0.354 e. The molecule has 4 nitrogen and oxygen atoms in total. The van der Waals surface area contributed by atoms with Crippen LogP contribution in [0.3, 0.4) is 0 Å². The molecule has 2 fully saturated rings. The standard InChI is InChI=1S/C16H31N3O/c1-4-7-15(10-11-17-12-15)14(20)18-13-16(19(2)3)8-5-6-9-16/h17H,4-13H2,1-3H3,(H,18,20). The van der Waals surface area contributed by atoms with Gasteiger partial charge in [0.1, 0.15) is 0 Å². The molecule has 1 saturated carbocycles. The monoisotopic (exact) mass is 281 g/mol. The lowest BCUT2D eigenvalue weighted by Crippen LogP contribution is -2.53. The van der Waals surface area contributed by atoms with Gasteiger partial charge in [-0.25, -0.2) is 0 Å². The third-order valence-corrected chi connectivity index (χ3v) is 5.51. The maximum Gasteiger partial charge on any atom is 0.227 e. The van der Waals surface area contributed by atoms with Crippen LogP contribution in [0, 0.1) is 5.41 Å². The molecular weight excluding hydrogens is 250 g/mol. The van der Waals surface area contributed by atoms with Crippen molar-refractivity contribution >= 4 is 5.91 Å². The number of hydrogen-bond donors (Lipinski definition) is 2. The zero-order chi connectivity index (χ0) is 14.6. The Morgan fingerprint density at radius 3 is 2.45 bits per heavy atom. The van der Waals surface area contributed by atoms with Gasteiger partial charge in [0.25, 0.3) is 0 Å². The molecule has 0 radical (unpaired) electrons. The van der Waals surface area contributed by atoms with Crippen LogP contribution in [0.25, 0.3) is 0 Å². The Kier molecular flexibility index (Phi) is 5.08. The molecule has 2 rings (SSSR count). The van der Waals surface area contributed by atoms with E-state index in [2.05, 4.69) is 36.6 Å². The molecule has 2 aliphatic rings. The number of nitrogens with one attached hydrogen (secondary N) is 2. The first-order valence-electron chi connectivity index (χ1n) is 8.21. The Morgan fingerprint density at radius 1 is 1.25 bits per heavy atom. The molecule has 1 atom stereocenters. The number of likely N-dealkylation sites (N-methyl/N-ethyl adjacent to an activating group) is 1. The third kappa shape index (κ3) is 3.01. The Balaban J connectivity index is 1.96.